The molecular formula is C13H8FN3. The molecule has 1 aromatic carbocycles. The van der Waals surface area contributed by atoms with Gasteiger partial charge in [0.2, 0.25) is 0 Å². The highest BCUT2D eigenvalue weighted by Gasteiger charge is 2.04. The zero-order chi connectivity index (χ0) is 11.7. The Morgan fingerprint density at radius 3 is 2.59 bits per heavy atom. The number of rotatable bonds is 1. The average Bonchev–Trinajstić information content (AvgIpc) is 2.40. The summed E-state index contributed by atoms with van der Waals surface area (Å²) in [5, 5.41) is 0.508. The van der Waals surface area contributed by atoms with Crippen molar-refractivity contribution >= 4 is 10.9 Å². The lowest BCUT2D eigenvalue weighted by Gasteiger charge is -2.03. The molecule has 0 saturated heterocycles. The van der Waals surface area contributed by atoms with E-state index in [1.54, 1.807) is 36.8 Å². The second kappa shape index (κ2) is 3.90. The molecule has 0 saturated carbocycles. The molecule has 0 radical (unpaired) electrons. The van der Waals surface area contributed by atoms with Crippen LogP contribution in [0.1, 0.15) is 0 Å². The van der Waals surface area contributed by atoms with Crippen LogP contribution in [0.4, 0.5) is 4.39 Å². The van der Waals surface area contributed by atoms with Crippen LogP contribution in [0, 0.1) is 5.82 Å². The summed E-state index contributed by atoms with van der Waals surface area (Å²) >= 11 is 0. The fraction of sp³-hybridized carbons (Fsp3) is 0. The van der Waals surface area contributed by atoms with E-state index in [9.17, 15) is 4.39 Å². The summed E-state index contributed by atoms with van der Waals surface area (Å²) in [5.74, 6) is -0.270. The Bertz CT molecular complexity index is 668. The van der Waals surface area contributed by atoms with Gasteiger partial charge in [0.05, 0.1) is 5.52 Å². The summed E-state index contributed by atoms with van der Waals surface area (Å²) in [5.41, 5.74) is 2.28. The van der Waals surface area contributed by atoms with Crippen molar-refractivity contribution in [1.29, 1.82) is 0 Å². The molecule has 2 heterocycles. The lowest BCUT2D eigenvalue weighted by molar-refractivity contribution is 0.639. The minimum Gasteiger partial charge on any atom is -0.256 e. The van der Waals surface area contributed by atoms with Crippen LogP contribution in [0.2, 0.25) is 0 Å². The van der Waals surface area contributed by atoms with E-state index in [4.69, 9.17) is 0 Å². The summed E-state index contributed by atoms with van der Waals surface area (Å²) in [6.45, 7) is 0. The van der Waals surface area contributed by atoms with Gasteiger partial charge in [-0.2, -0.15) is 0 Å². The third kappa shape index (κ3) is 1.73. The normalized spacial score (nSPS) is 10.6. The van der Waals surface area contributed by atoms with E-state index in [1.165, 1.54) is 12.4 Å². The quantitative estimate of drug-likeness (QED) is 0.639. The number of fused-ring (bicyclic) bond motifs is 1. The van der Waals surface area contributed by atoms with Gasteiger partial charge in [-0.3, -0.25) is 4.98 Å². The van der Waals surface area contributed by atoms with Gasteiger partial charge >= 0.3 is 0 Å². The second-order valence-corrected chi connectivity index (χ2v) is 3.66. The lowest BCUT2D eigenvalue weighted by Crippen LogP contribution is -1.87. The smallest absolute Gasteiger partial charge is 0.132 e. The molecule has 2 aromatic heterocycles. The molecule has 0 bridgehead atoms. The molecule has 0 amide bonds. The van der Waals surface area contributed by atoms with Crippen molar-refractivity contribution in [3.05, 3.63) is 55.0 Å². The predicted molar refractivity (Wildman–Crippen MR) is 62.7 cm³/mol. The van der Waals surface area contributed by atoms with Crippen LogP contribution < -0.4 is 0 Å². The van der Waals surface area contributed by atoms with E-state index in [2.05, 4.69) is 15.0 Å². The van der Waals surface area contributed by atoms with Gasteiger partial charge in [-0.1, -0.05) is 6.07 Å². The Morgan fingerprint density at radius 2 is 1.76 bits per heavy atom. The Hall–Kier alpha value is -2.36. The number of nitrogens with zero attached hydrogens (tertiary/aromatic N) is 3. The summed E-state index contributed by atoms with van der Waals surface area (Å²) in [4.78, 5) is 12.1. The van der Waals surface area contributed by atoms with Crippen molar-refractivity contribution in [2.45, 2.75) is 0 Å². The van der Waals surface area contributed by atoms with Crippen molar-refractivity contribution in [2.75, 3.05) is 0 Å². The van der Waals surface area contributed by atoms with Crippen molar-refractivity contribution in [3.8, 4) is 11.1 Å². The maximum Gasteiger partial charge on any atom is 0.132 e. The van der Waals surface area contributed by atoms with Gasteiger partial charge < -0.3 is 0 Å². The minimum atomic E-state index is -0.270. The Morgan fingerprint density at radius 1 is 0.941 bits per heavy atom. The van der Waals surface area contributed by atoms with E-state index in [1.807, 2.05) is 0 Å². The second-order valence-electron chi connectivity index (χ2n) is 3.66. The molecule has 0 spiro atoms. The van der Waals surface area contributed by atoms with E-state index in [0.29, 0.717) is 10.9 Å². The van der Waals surface area contributed by atoms with Crippen LogP contribution in [-0.2, 0) is 0 Å². The molecule has 0 aliphatic carbocycles. The van der Waals surface area contributed by atoms with Gasteiger partial charge in [-0.25, -0.2) is 14.4 Å². The molecular weight excluding hydrogens is 217 g/mol. The summed E-state index contributed by atoms with van der Waals surface area (Å²) in [7, 11) is 0. The van der Waals surface area contributed by atoms with Gasteiger partial charge in [0.1, 0.15) is 12.1 Å². The highest BCUT2D eigenvalue weighted by molar-refractivity contribution is 5.83. The molecule has 0 aliphatic rings. The Labute approximate surface area is 97.0 Å². The van der Waals surface area contributed by atoms with Gasteiger partial charge in [0.15, 0.2) is 0 Å². The molecule has 0 N–H and O–H groups in total. The number of halogens is 1. The first kappa shape index (κ1) is 9.84. The van der Waals surface area contributed by atoms with Gasteiger partial charge in [0.25, 0.3) is 0 Å². The van der Waals surface area contributed by atoms with Crippen molar-refractivity contribution < 1.29 is 4.39 Å². The van der Waals surface area contributed by atoms with Crippen LogP contribution in [0.15, 0.2) is 49.2 Å². The maximum atomic E-state index is 13.6. The number of benzene rings is 1. The summed E-state index contributed by atoms with van der Waals surface area (Å²) < 4.78 is 13.6. The van der Waals surface area contributed by atoms with E-state index >= 15 is 0 Å². The standard InChI is InChI=1S/C13H8FN3/c14-12-2-1-3-13-11(12)4-9(7-17-13)10-5-15-8-16-6-10/h1-8H. The van der Waals surface area contributed by atoms with Crippen LogP contribution >= 0.6 is 0 Å². The minimum absolute atomic E-state index is 0.270. The molecule has 0 atom stereocenters. The third-order valence-corrected chi connectivity index (χ3v) is 2.57. The first-order valence-electron chi connectivity index (χ1n) is 5.14. The van der Waals surface area contributed by atoms with Gasteiger partial charge in [0, 0.05) is 35.1 Å². The van der Waals surface area contributed by atoms with Gasteiger partial charge in [-0.05, 0) is 18.2 Å². The van der Waals surface area contributed by atoms with E-state index in [0.717, 1.165) is 11.1 Å². The van der Waals surface area contributed by atoms with Crippen LogP contribution in [0.5, 0.6) is 0 Å². The molecule has 4 heteroatoms. The maximum absolute atomic E-state index is 13.6. The molecule has 3 rings (SSSR count). The molecule has 17 heavy (non-hydrogen) atoms. The van der Waals surface area contributed by atoms with Crippen LogP contribution in [-0.4, -0.2) is 15.0 Å². The highest BCUT2D eigenvalue weighted by atomic mass is 19.1. The zero-order valence-corrected chi connectivity index (χ0v) is 8.84. The largest absolute Gasteiger partial charge is 0.256 e. The number of hydrogen-bond acceptors (Lipinski definition) is 3. The van der Waals surface area contributed by atoms with Crippen LogP contribution in [0.25, 0.3) is 22.0 Å². The molecule has 0 unspecified atom stereocenters. The van der Waals surface area contributed by atoms with Crippen molar-refractivity contribution in [2.24, 2.45) is 0 Å². The fourth-order valence-electron chi connectivity index (χ4n) is 1.72. The lowest BCUT2D eigenvalue weighted by atomic mass is 10.1. The first-order valence-corrected chi connectivity index (χ1v) is 5.14. The van der Waals surface area contributed by atoms with Crippen molar-refractivity contribution in [1.82, 2.24) is 15.0 Å². The monoisotopic (exact) mass is 225 g/mol. The number of aromatic nitrogens is 3. The Kier molecular flexibility index (Phi) is 2.26. The average molecular weight is 225 g/mol. The van der Waals surface area contributed by atoms with Gasteiger partial charge in [-0.15, -0.1) is 0 Å². The summed E-state index contributed by atoms with van der Waals surface area (Å²) in [6, 6.07) is 6.62. The molecule has 3 aromatic rings. The fourth-order valence-corrected chi connectivity index (χ4v) is 1.72. The summed E-state index contributed by atoms with van der Waals surface area (Å²) in [6.07, 6.45) is 6.51. The molecule has 0 fully saturated rings. The van der Waals surface area contributed by atoms with E-state index in [-0.39, 0.29) is 5.82 Å². The topological polar surface area (TPSA) is 38.7 Å². The molecule has 3 nitrogen and oxygen atoms in total. The van der Waals surface area contributed by atoms with Crippen molar-refractivity contribution in [3.63, 3.8) is 0 Å². The van der Waals surface area contributed by atoms with Crippen LogP contribution in [0.3, 0.4) is 0 Å². The number of pyridine rings is 1. The van der Waals surface area contributed by atoms with E-state index < -0.39 is 0 Å². The Balaban J connectivity index is 2.23. The predicted octanol–water partition coefficient (Wildman–Crippen LogP) is 2.83. The third-order valence-electron chi connectivity index (χ3n) is 2.57. The zero-order valence-electron chi connectivity index (χ0n) is 8.84. The highest BCUT2D eigenvalue weighted by Crippen LogP contribution is 2.22. The molecule has 82 valence electrons. The molecule has 0 aliphatic heterocycles. The number of hydrogen-bond donors (Lipinski definition) is 0. The SMILES string of the molecule is Fc1cccc2ncc(-c3cncnc3)cc12. The first-order chi connectivity index (χ1) is 8.34.